The molecule has 0 aliphatic heterocycles. The first-order valence-electron chi connectivity index (χ1n) is 19.3. The molecule has 0 spiro atoms. The van der Waals surface area contributed by atoms with Crippen LogP contribution in [0.1, 0.15) is 202 Å². The van der Waals surface area contributed by atoms with Gasteiger partial charge in [0.15, 0.2) is 6.10 Å². The molecule has 45 heavy (non-hydrogen) atoms. The van der Waals surface area contributed by atoms with Gasteiger partial charge in [-0.05, 0) is 31.1 Å². The highest BCUT2D eigenvalue weighted by Crippen LogP contribution is 2.16. The number of carbonyl (C=O) groups is 3. The number of carbonyl (C=O) groups excluding carboxylic acids is 3. The molecule has 0 aromatic rings. The fraction of sp³-hybridized carbons (Fsp3) is 0.923. The molecule has 0 aromatic carbocycles. The standard InChI is InChI=1S/C39H74O6/c1-6-8-9-17-24-29-37(40)43-32-36(45-39(42)31-26-21-16-15-19-23-28-35(5)7-2)33-44-38(41)30-25-20-14-12-10-11-13-18-22-27-34(3)4/h34-36H,6-33H2,1-5H3/t35?,36-/m0/s1. The van der Waals surface area contributed by atoms with Crippen molar-refractivity contribution in [3.8, 4) is 0 Å². The van der Waals surface area contributed by atoms with Crippen molar-refractivity contribution >= 4 is 17.9 Å². The Labute approximate surface area is 278 Å². The van der Waals surface area contributed by atoms with E-state index in [1.165, 1.54) is 83.5 Å². The van der Waals surface area contributed by atoms with Crippen LogP contribution in [0.3, 0.4) is 0 Å². The van der Waals surface area contributed by atoms with Crippen LogP contribution in [0.2, 0.25) is 0 Å². The van der Waals surface area contributed by atoms with Gasteiger partial charge in [-0.1, -0.05) is 163 Å². The summed E-state index contributed by atoms with van der Waals surface area (Å²) >= 11 is 0. The Morgan fingerprint density at radius 1 is 0.467 bits per heavy atom. The van der Waals surface area contributed by atoms with E-state index in [2.05, 4.69) is 34.6 Å². The second kappa shape index (κ2) is 32.4. The lowest BCUT2D eigenvalue weighted by Crippen LogP contribution is -2.30. The van der Waals surface area contributed by atoms with Gasteiger partial charge in [0.05, 0.1) is 0 Å². The van der Waals surface area contributed by atoms with Crippen molar-refractivity contribution in [3.05, 3.63) is 0 Å². The monoisotopic (exact) mass is 639 g/mol. The van der Waals surface area contributed by atoms with Crippen LogP contribution in [0.15, 0.2) is 0 Å². The summed E-state index contributed by atoms with van der Waals surface area (Å²) in [5.41, 5.74) is 0. The number of hydrogen-bond acceptors (Lipinski definition) is 6. The van der Waals surface area contributed by atoms with E-state index in [0.717, 1.165) is 76.0 Å². The number of unbranched alkanes of at least 4 members (excludes halogenated alkanes) is 17. The van der Waals surface area contributed by atoms with Gasteiger partial charge in [-0.15, -0.1) is 0 Å². The first-order valence-corrected chi connectivity index (χ1v) is 19.3. The lowest BCUT2D eigenvalue weighted by atomic mass is 10.00. The van der Waals surface area contributed by atoms with Crippen molar-refractivity contribution in [2.75, 3.05) is 13.2 Å². The Morgan fingerprint density at radius 2 is 0.844 bits per heavy atom. The molecule has 0 bridgehead atoms. The SMILES string of the molecule is CCCCCCCC(=O)OC[C@@H](COC(=O)CCCCCCCCCCCC(C)C)OC(=O)CCCCCCCCC(C)CC. The highest BCUT2D eigenvalue weighted by atomic mass is 16.6. The molecule has 1 unspecified atom stereocenters. The second-order valence-corrected chi connectivity index (χ2v) is 13.9. The molecule has 266 valence electrons. The molecule has 0 aromatic heterocycles. The van der Waals surface area contributed by atoms with Crippen molar-refractivity contribution in [2.45, 2.75) is 208 Å². The predicted molar refractivity (Wildman–Crippen MR) is 187 cm³/mol. The summed E-state index contributed by atoms with van der Waals surface area (Å²) in [6.07, 6.45) is 26.9. The van der Waals surface area contributed by atoms with E-state index in [4.69, 9.17) is 14.2 Å². The van der Waals surface area contributed by atoms with Gasteiger partial charge in [0.25, 0.3) is 0 Å². The molecule has 0 rings (SSSR count). The molecule has 0 N–H and O–H groups in total. The van der Waals surface area contributed by atoms with Crippen molar-refractivity contribution in [1.29, 1.82) is 0 Å². The highest BCUT2D eigenvalue weighted by molar-refractivity contribution is 5.71. The smallest absolute Gasteiger partial charge is 0.306 e. The average molecular weight is 639 g/mol. The number of esters is 3. The maximum absolute atomic E-state index is 12.6. The summed E-state index contributed by atoms with van der Waals surface area (Å²) in [5, 5.41) is 0. The molecular formula is C39H74O6. The molecule has 0 heterocycles. The summed E-state index contributed by atoms with van der Waals surface area (Å²) in [6.45, 7) is 11.2. The van der Waals surface area contributed by atoms with E-state index in [9.17, 15) is 14.4 Å². The normalized spacial score (nSPS) is 12.7. The van der Waals surface area contributed by atoms with E-state index in [1.807, 2.05) is 0 Å². The van der Waals surface area contributed by atoms with Gasteiger partial charge in [0.1, 0.15) is 13.2 Å². The Kier molecular flexibility index (Phi) is 31.2. The molecule has 0 saturated heterocycles. The van der Waals surface area contributed by atoms with Gasteiger partial charge >= 0.3 is 17.9 Å². The summed E-state index contributed by atoms with van der Waals surface area (Å²) < 4.78 is 16.5. The molecule has 6 nitrogen and oxygen atoms in total. The molecule has 0 fully saturated rings. The van der Waals surface area contributed by atoms with Crippen LogP contribution in [0, 0.1) is 11.8 Å². The fourth-order valence-electron chi connectivity index (χ4n) is 5.48. The lowest BCUT2D eigenvalue weighted by molar-refractivity contribution is -0.167. The van der Waals surface area contributed by atoms with Gasteiger partial charge in [-0.2, -0.15) is 0 Å². The minimum absolute atomic E-state index is 0.0681. The van der Waals surface area contributed by atoms with Crippen LogP contribution in [-0.2, 0) is 28.6 Å². The summed E-state index contributed by atoms with van der Waals surface area (Å²) in [6, 6.07) is 0. The average Bonchev–Trinajstić information content (AvgIpc) is 3.01. The fourth-order valence-corrected chi connectivity index (χ4v) is 5.48. The molecule has 0 amide bonds. The second-order valence-electron chi connectivity index (χ2n) is 13.9. The quantitative estimate of drug-likeness (QED) is 0.0404. The van der Waals surface area contributed by atoms with E-state index >= 15 is 0 Å². The maximum atomic E-state index is 12.6. The third kappa shape index (κ3) is 32.2. The lowest BCUT2D eigenvalue weighted by Gasteiger charge is -2.18. The van der Waals surface area contributed by atoms with Gasteiger partial charge in [0.2, 0.25) is 0 Å². The predicted octanol–water partition coefficient (Wildman–Crippen LogP) is 11.5. The van der Waals surface area contributed by atoms with E-state index in [-0.39, 0.29) is 31.1 Å². The number of ether oxygens (including phenoxy) is 3. The summed E-state index contributed by atoms with van der Waals surface area (Å²) in [4.78, 5) is 37.2. The summed E-state index contributed by atoms with van der Waals surface area (Å²) in [5.74, 6) is 0.734. The van der Waals surface area contributed by atoms with Crippen molar-refractivity contribution < 1.29 is 28.6 Å². The first-order chi connectivity index (χ1) is 21.8. The van der Waals surface area contributed by atoms with Crippen LogP contribution < -0.4 is 0 Å². The molecule has 0 saturated carbocycles. The molecule has 0 aliphatic rings. The molecule has 6 heteroatoms. The maximum Gasteiger partial charge on any atom is 0.306 e. The zero-order valence-electron chi connectivity index (χ0n) is 30.5. The molecular weight excluding hydrogens is 564 g/mol. The Morgan fingerprint density at radius 3 is 1.27 bits per heavy atom. The number of rotatable bonds is 33. The highest BCUT2D eigenvalue weighted by Gasteiger charge is 2.19. The minimum Gasteiger partial charge on any atom is -0.462 e. The zero-order valence-corrected chi connectivity index (χ0v) is 30.5. The van der Waals surface area contributed by atoms with Crippen molar-refractivity contribution in [3.63, 3.8) is 0 Å². The van der Waals surface area contributed by atoms with Gasteiger partial charge < -0.3 is 14.2 Å². The van der Waals surface area contributed by atoms with Gasteiger partial charge in [-0.25, -0.2) is 0 Å². The first kappa shape index (κ1) is 43.4. The van der Waals surface area contributed by atoms with Crippen LogP contribution in [0.5, 0.6) is 0 Å². The van der Waals surface area contributed by atoms with Gasteiger partial charge in [0, 0.05) is 19.3 Å². The van der Waals surface area contributed by atoms with E-state index < -0.39 is 6.10 Å². The largest absolute Gasteiger partial charge is 0.462 e. The Hall–Kier alpha value is -1.59. The Balaban J connectivity index is 4.29. The molecule has 2 atom stereocenters. The topological polar surface area (TPSA) is 78.9 Å². The van der Waals surface area contributed by atoms with Crippen LogP contribution >= 0.6 is 0 Å². The van der Waals surface area contributed by atoms with Crippen molar-refractivity contribution in [2.24, 2.45) is 11.8 Å². The summed E-state index contributed by atoms with van der Waals surface area (Å²) in [7, 11) is 0. The molecule has 0 aliphatic carbocycles. The van der Waals surface area contributed by atoms with Crippen LogP contribution in [-0.4, -0.2) is 37.2 Å². The van der Waals surface area contributed by atoms with Crippen molar-refractivity contribution in [1.82, 2.24) is 0 Å². The minimum atomic E-state index is -0.758. The number of hydrogen-bond donors (Lipinski definition) is 0. The van der Waals surface area contributed by atoms with Crippen LogP contribution in [0.25, 0.3) is 0 Å². The van der Waals surface area contributed by atoms with E-state index in [0.29, 0.717) is 19.3 Å². The van der Waals surface area contributed by atoms with E-state index in [1.54, 1.807) is 0 Å². The Bertz CT molecular complexity index is 691. The van der Waals surface area contributed by atoms with Gasteiger partial charge in [-0.3, -0.25) is 14.4 Å². The zero-order chi connectivity index (χ0) is 33.4. The molecule has 0 radical (unpaired) electrons. The third-order valence-corrected chi connectivity index (χ3v) is 8.83. The third-order valence-electron chi connectivity index (χ3n) is 8.83. The van der Waals surface area contributed by atoms with Crippen LogP contribution in [0.4, 0.5) is 0 Å².